The molecular weight excluding hydrogens is 258 g/mol. The first kappa shape index (κ1) is 13.6. The Bertz CT molecular complexity index is 484. The first-order chi connectivity index (χ1) is 8.98. The standard InChI is InChI=1S/C10H13N3O6/c14-4-7-8(15)10(16,5-19-7)12-9-6(13(17)18)2-1-3-11-9/h1-3,7-8,14-16H,4-5H2,(H,11,12)/t7-,8-,10-/m1/s1. The predicted octanol–water partition coefficient (Wildman–Crippen LogP) is -1.16. The van der Waals surface area contributed by atoms with E-state index in [4.69, 9.17) is 9.84 Å². The molecule has 0 aromatic carbocycles. The van der Waals surface area contributed by atoms with Gasteiger partial charge in [0.25, 0.3) is 0 Å². The minimum absolute atomic E-state index is 0.184. The molecule has 1 aliphatic heterocycles. The molecule has 0 spiro atoms. The van der Waals surface area contributed by atoms with Crippen molar-refractivity contribution in [3.63, 3.8) is 0 Å². The molecule has 19 heavy (non-hydrogen) atoms. The average Bonchev–Trinajstić information content (AvgIpc) is 2.66. The van der Waals surface area contributed by atoms with Crippen molar-refractivity contribution in [1.29, 1.82) is 0 Å². The fourth-order valence-electron chi connectivity index (χ4n) is 1.83. The van der Waals surface area contributed by atoms with E-state index in [0.29, 0.717) is 0 Å². The molecule has 2 heterocycles. The van der Waals surface area contributed by atoms with E-state index in [1.807, 2.05) is 0 Å². The van der Waals surface area contributed by atoms with E-state index in [-0.39, 0.29) is 18.1 Å². The number of nitro groups is 1. The number of anilines is 1. The third-order valence-corrected chi connectivity index (χ3v) is 2.86. The Morgan fingerprint density at radius 1 is 1.68 bits per heavy atom. The highest BCUT2D eigenvalue weighted by Gasteiger charge is 2.48. The number of nitrogens with zero attached hydrogens (tertiary/aromatic N) is 2. The monoisotopic (exact) mass is 271 g/mol. The van der Waals surface area contributed by atoms with Crippen molar-refractivity contribution in [3.05, 3.63) is 28.4 Å². The first-order valence-electron chi connectivity index (χ1n) is 5.48. The fraction of sp³-hybridized carbons (Fsp3) is 0.500. The highest BCUT2D eigenvalue weighted by molar-refractivity contribution is 5.56. The number of aliphatic hydroxyl groups is 3. The summed E-state index contributed by atoms with van der Waals surface area (Å²) in [6.45, 7) is -0.803. The van der Waals surface area contributed by atoms with Crippen LogP contribution in [0.15, 0.2) is 18.3 Å². The molecule has 9 heteroatoms. The minimum Gasteiger partial charge on any atom is -0.394 e. The van der Waals surface area contributed by atoms with Gasteiger partial charge >= 0.3 is 5.69 Å². The first-order valence-corrected chi connectivity index (χ1v) is 5.48. The van der Waals surface area contributed by atoms with Crippen LogP contribution in [-0.4, -0.2) is 56.4 Å². The molecule has 104 valence electrons. The van der Waals surface area contributed by atoms with Crippen LogP contribution < -0.4 is 5.32 Å². The Labute approximate surface area is 107 Å². The highest BCUT2D eigenvalue weighted by atomic mass is 16.6. The van der Waals surface area contributed by atoms with Gasteiger partial charge in [0, 0.05) is 12.3 Å². The number of pyridine rings is 1. The summed E-state index contributed by atoms with van der Waals surface area (Å²) in [5.41, 5.74) is -2.28. The van der Waals surface area contributed by atoms with Crippen molar-refractivity contribution in [2.24, 2.45) is 0 Å². The van der Waals surface area contributed by atoms with Crippen LogP contribution in [0, 0.1) is 10.1 Å². The quantitative estimate of drug-likeness (QED) is 0.306. The second-order valence-electron chi connectivity index (χ2n) is 4.15. The molecule has 0 radical (unpaired) electrons. The molecule has 1 fully saturated rings. The van der Waals surface area contributed by atoms with Crippen LogP contribution >= 0.6 is 0 Å². The zero-order chi connectivity index (χ0) is 14.0. The van der Waals surface area contributed by atoms with Gasteiger partial charge in [-0.25, -0.2) is 4.98 Å². The number of aliphatic hydroxyl groups excluding tert-OH is 2. The van der Waals surface area contributed by atoms with Crippen molar-refractivity contribution in [2.75, 3.05) is 18.5 Å². The van der Waals surface area contributed by atoms with Crippen molar-refractivity contribution >= 4 is 11.5 Å². The lowest BCUT2D eigenvalue weighted by Gasteiger charge is -2.27. The maximum atomic E-state index is 10.8. The van der Waals surface area contributed by atoms with Crippen LogP contribution in [0.5, 0.6) is 0 Å². The molecule has 1 saturated heterocycles. The number of ether oxygens (including phenoxy) is 1. The normalized spacial score (nSPS) is 30.3. The number of nitrogens with one attached hydrogen (secondary N) is 1. The predicted molar refractivity (Wildman–Crippen MR) is 62.3 cm³/mol. The van der Waals surface area contributed by atoms with E-state index in [0.717, 1.165) is 0 Å². The Kier molecular flexibility index (Phi) is 3.62. The number of hydrogen-bond donors (Lipinski definition) is 4. The van der Waals surface area contributed by atoms with Gasteiger partial charge in [0.15, 0.2) is 5.72 Å². The second-order valence-corrected chi connectivity index (χ2v) is 4.15. The summed E-state index contributed by atoms with van der Waals surface area (Å²) < 4.78 is 4.99. The van der Waals surface area contributed by atoms with Crippen LogP contribution in [0.1, 0.15) is 0 Å². The van der Waals surface area contributed by atoms with Crippen LogP contribution in [0.4, 0.5) is 11.5 Å². The van der Waals surface area contributed by atoms with Crippen molar-refractivity contribution < 1.29 is 25.0 Å². The van der Waals surface area contributed by atoms with Crippen LogP contribution in [0.25, 0.3) is 0 Å². The lowest BCUT2D eigenvalue weighted by atomic mass is 10.1. The SMILES string of the molecule is O=[N+]([O-])c1cccnc1N[C@@]1(O)CO[C@H](CO)[C@H]1O. The molecule has 0 bridgehead atoms. The van der Waals surface area contributed by atoms with Crippen LogP contribution in [0.2, 0.25) is 0 Å². The third-order valence-electron chi connectivity index (χ3n) is 2.86. The van der Waals surface area contributed by atoms with Gasteiger partial charge in [-0.2, -0.15) is 0 Å². The molecule has 9 nitrogen and oxygen atoms in total. The molecule has 0 amide bonds. The molecule has 3 atom stereocenters. The fourth-order valence-corrected chi connectivity index (χ4v) is 1.83. The summed E-state index contributed by atoms with van der Waals surface area (Å²) >= 11 is 0. The number of rotatable bonds is 4. The average molecular weight is 271 g/mol. The van der Waals surface area contributed by atoms with Crippen molar-refractivity contribution in [2.45, 2.75) is 17.9 Å². The summed E-state index contributed by atoms with van der Waals surface area (Å²) in [4.78, 5) is 13.9. The minimum atomic E-state index is -1.94. The summed E-state index contributed by atoms with van der Waals surface area (Å²) in [5, 5.41) is 42.1. The largest absolute Gasteiger partial charge is 0.394 e. The summed E-state index contributed by atoms with van der Waals surface area (Å²) in [5.74, 6) is -0.184. The highest BCUT2D eigenvalue weighted by Crippen LogP contribution is 2.29. The summed E-state index contributed by atoms with van der Waals surface area (Å²) in [6.07, 6.45) is -1.08. The smallest absolute Gasteiger partial charge is 0.311 e. The maximum Gasteiger partial charge on any atom is 0.311 e. The Hall–Kier alpha value is -1.81. The molecule has 1 aromatic rings. The van der Waals surface area contributed by atoms with Gasteiger partial charge < -0.3 is 25.4 Å². The van der Waals surface area contributed by atoms with Gasteiger partial charge in [0.2, 0.25) is 5.82 Å². The van der Waals surface area contributed by atoms with E-state index in [1.54, 1.807) is 0 Å². The van der Waals surface area contributed by atoms with E-state index in [2.05, 4.69) is 10.3 Å². The molecule has 1 aromatic heterocycles. The number of hydrogen-bond acceptors (Lipinski definition) is 8. The van der Waals surface area contributed by atoms with Gasteiger partial charge in [-0.3, -0.25) is 10.1 Å². The molecule has 0 aliphatic carbocycles. The zero-order valence-corrected chi connectivity index (χ0v) is 9.76. The number of aromatic nitrogens is 1. The Morgan fingerprint density at radius 2 is 2.42 bits per heavy atom. The lowest BCUT2D eigenvalue weighted by Crippen LogP contribution is -2.51. The topological polar surface area (TPSA) is 138 Å². The maximum absolute atomic E-state index is 10.8. The Balaban J connectivity index is 2.24. The van der Waals surface area contributed by atoms with Gasteiger partial charge in [-0.15, -0.1) is 0 Å². The van der Waals surface area contributed by atoms with E-state index >= 15 is 0 Å². The second kappa shape index (κ2) is 5.05. The van der Waals surface area contributed by atoms with Gasteiger partial charge in [0.05, 0.1) is 18.1 Å². The molecule has 0 saturated carbocycles. The Morgan fingerprint density at radius 3 is 3.00 bits per heavy atom. The van der Waals surface area contributed by atoms with E-state index in [1.165, 1.54) is 18.3 Å². The van der Waals surface area contributed by atoms with E-state index in [9.17, 15) is 20.3 Å². The molecular formula is C10H13N3O6. The van der Waals surface area contributed by atoms with Crippen molar-refractivity contribution in [1.82, 2.24) is 4.98 Å². The lowest BCUT2D eigenvalue weighted by molar-refractivity contribution is -0.384. The molecule has 2 rings (SSSR count). The third kappa shape index (κ3) is 2.49. The van der Waals surface area contributed by atoms with Gasteiger partial charge in [-0.05, 0) is 6.07 Å². The van der Waals surface area contributed by atoms with Gasteiger partial charge in [0.1, 0.15) is 12.2 Å². The van der Waals surface area contributed by atoms with Crippen LogP contribution in [-0.2, 0) is 4.74 Å². The molecule has 4 N–H and O–H groups in total. The molecule has 1 aliphatic rings. The van der Waals surface area contributed by atoms with Gasteiger partial charge in [-0.1, -0.05) is 0 Å². The van der Waals surface area contributed by atoms with Crippen molar-refractivity contribution in [3.8, 4) is 0 Å². The zero-order valence-electron chi connectivity index (χ0n) is 9.76. The van der Waals surface area contributed by atoms with Crippen LogP contribution in [0.3, 0.4) is 0 Å². The summed E-state index contributed by atoms with van der Waals surface area (Å²) in [7, 11) is 0. The summed E-state index contributed by atoms with van der Waals surface area (Å²) in [6, 6.07) is 2.59. The van der Waals surface area contributed by atoms with E-state index < -0.39 is 29.5 Å². The molecule has 0 unspecified atom stereocenters.